The number of methoxy groups -OCH3 is 2. The van der Waals surface area contributed by atoms with E-state index in [1.54, 1.807) is 30.5 Å². The maximum absolute atomic E-state index is 12.5. The summed E-state index contributed by atoms with van der Waals surface area (Å²) in [7, 11) is 5.02. The summed E-state index contributed by atoms with van der Waals surface area (Å²) in [6.07, 6.45) is 9.55. The Morgan fingerprint density at radius 1 is 0.919 bits per heavy atom. The molecule has 2 aromatic heterocycles. The monoisotopic (exact) mass is 496 g/mol. The van der Waals surface area contributed by atoms with E-state index < -0.39 is 0 Å². The fourth-order valence-electron chi connectivity index (χ4n) is 3.84. The molecule has 0 aliphatic heterocycles. The van der Waals surface area contributed by atoms with Gasteiger partial charge < -0.3 is 18.8 Å². The van der Waals surface area contributed by atoms with Crippen LogP contribution in [-0.4, -0.2) is 35.3 Å². The Kier molecular flexibility index (Phi) is 8.15. The summed E-state index contributed by atoms with van der Waals surface area (Å²) in [5.74, 6) is 0.881. The first-order valence-corrected chi connectivity index (χ1v) is 11.7. The first-order valence-electron chi connectivity index (χ1n) is 11.7. The topological polar surface area (TPSA) is 79.7 Å². The summed E-state index contributed by atoms with van der Waals surface area (Å²) in [6.45, 7) is 0.287. The molecule has 0 unspecified atom stereocenters. The third-order valence-electron chi connectivity index (χ3n) is 5.79. The number of ether oxygens (including phenoxy) is 3. The molecule has 0 amide bonds. The minimum absolute atomic E-state index is 0.241. The average Bonchev–Trinajstić information content (AvgIpc) is 3.29. The van der Waals surface area contributed by atoms with E-state index in [1.165, 1.54) is 26.4 Å². The number of aryl methyl sites for hydroxylation is 1. The first kappa shape index (κ1) is 25.4. The summed E-state index contributed by atoms with van der Waals surface area (Å²) in [5, 5.41) is 1.13. The molecule has 0 aliphatic carbocycles. The van der Waals surface area contributed by atoms with Gasteiger partial charge in [-0.25, -0.2) is 0 Å². The van der Waals surface area contributed by atoms with Crippen LogP contribution in [0.1, 0.15) is 23.2 Å². The van der Waals surface area contributed by atoms with Crippen molar-refractivity contribution in [3.63, 3.8) is 0 Å². The molecule has 0 spiro atoms. The fourth-order valence-corrected chi connectivity index (χ4v) is 3.84. The van der Waals surface area contributed by atoms with Crippen molar-refractivity contribution in [3.05, 3.63) is 96.0 Å². The molecule has 4 rings (SSSR count). The van der Waals surface area contributed by atoms with Crippen LogP contribution in [0.25, 0.3) is 23.1 Å². The van der Waals surface area contributed by atoms with Crippen LogP contribution in [0.2, 0.25) is 0 Å². The number of fused-ring (bicyclic) bond motifs is 1. The van der Waals surface area contributed by atoms with E-state index in [-0.39, 0.29) is 24.6 Å². The molecule has 2 aromatic carbocycles. The maximum atomic E-state index is 12.5. The Hall–Kier alpha value is -4.65. The smallest absolute Gasteiger partial charge is 0.163 e. The van der Waals surface area contributed by atoms with Crippen LogP contribution in [-0.2, 0) is 23.2 Å². The first-order chi connectivity index (χ1) is 18.0. The number of carbonyl (C=O) groups excluding carboxylic acids is 2. The number of pyridine rings is 1. The Labute approximate surface area is 215 Å². The third-order valence-corrected chi connectivity index (χ3v) is 5.79. The number of allylic oxidation sites excluding steroid dienone is 2. The van der Waals surface area contributed by atoms with Gasteiger partial charge in [-0.15, -0.1) is 0 Å². The van der Waals surface area contributed by atoms with Gasteiger partial charge in [0.1, 0.15) is 23.9 Å². The quantitative estimate of drug-likeness (QED) is 0.204. The van der Waals surface area contributed by atoms with Gasteiger partial charge in [-0.3, -0.25) is 14.6 Å². The summed E-state index contributed by atoms with van der Waals surface area (Å²) in [5.41, 5.74) is 3.33. The van der Waals surface area contributed by atoms with Crippen molar-refractivity contribution >= 4 is 34.6 Å². The van der Waals surface area contributed by atoms with Crippen LogP contribution in [0.5, 0.6) is 17.2 Å². The van der Waals surface area contributed by atoms with E-state index >= 15 is 0 Å². The molecule has 0 fully saturated rings. The Bertz CT molecular complexity index is 1440. The molecular formula is C30H28N2O5. The number of hydrogen-bond acceptors (Lipinski definition) is 6. The lowest BCUT2D eigenvalue weighted by molar-refractivity contribution is -0.121. The zero-order valence-electron chi connectivity index (χ0n) is 21.0. The molecule has 2 heterocycles. The molecule has 7 heteroatoms. The van der Waals surface area contributed by atoms with Gasteiger partial charge in [0, 0.05) is 37.1 Å². The van der Waals surface area contributed by atoms with Gasteiger partial charge in [-0.2, -0.15) is 0 Å². The van der Waals surface area contributed by atoms with Crippen molar-refractivity contribution in [1.82, 2.24) is 9.55 Å². The molecule has 0 radical (unpaired) electrons. The number of benzene rings is 2. The Balaban J connectivity index is 1.41. The van der Waals surface area contributed by atoms with E-state index in [9.17, 15) is 9.59 Å². The molecule has 4 aromatic rings. The lowest BCUT2D eigenvalue weighted by Crippen LogP contribution is -2.02. The highest BCUT2D eigenvalue weighted by Gasteiger charge is 2.13. The van der Waals surface area contributed by atoms with Crippen LogP contribution in [0.15, 0.2) is 79.1 Å². The summed E-state index contributed by atoms with van der Waals surface area (Å²) in [4.78, 5) is 29.1. The highest BCUT2D eigenvalue weighted by molar-refractivity contribution is 6.11. The largest absolute Gasteiger partial charge is 0.496 e. The van der Waals surface area contributed by atoms with Crippen molar-refractivity contribution < 1.29 is 23.8 Å². The van der Waals surface area contributed by atoms with E-state index in [2.05, 4.69) is 4.98 Å². The van der Waals surface area contributed by atoms with Gasteiger partial charge >= 0.3 is 0 Å². The van der Waals surface area contributed by atoms with Crippen molar-refractivity contribution in [2.75, 3.05) is 14.2 Å². The summed E-state index contributed by atoms with van der Waals surface area (Å²) in [6, 6.07) is 17.0. The molecule has 188 valence electrons. The molecule has 0 bridgehead atoms. The summed E-state index contributed by atoms with van der Waals surface area (Å²) < 4.78 is 18.8. The molecule has 7 nitrogen and oxygen atoms in total. The fraction of sp³-hybridized carbons (Fsp3) is 0.167. The minimum atomic E-state index is -0.327. The highest BCUT2D eigenvalue weighted by atomic mass is 16.5. The predicted molar refractivity (Wildman–Crippen MR) is 144 cm³/mol. The number of hydrogen-bond donors (Lipinski definition) is 0. The van der Waals surface area contributed by atoms with E-state index in [4.69, 9.17) is 14.2 Å². The Morgan fingerprint density at radius 3 is 2.32 bits per heavy atom. The highest BCUT2D eigenvalue weighted by Crippen LogP contribution is 2.35. The molecule has 0 N–H and O–H groups in total. The number of ketones is 2. The number of carbonyl (C=O) groups is 2. The average molecular weight is 497 g/mol. The lowest BCUT2D eigenvalue weighted by atomic mass is 10.1. The van der Waals surface area contributed by atoms with Crippen LogP contribution in [0.4, 0.5) is 0 Å². The van der Waals surface area contributed by atoms with Crippen LogP contribution in [0.3, 0.4) is 0 Å². The zero-order chi connectivity index (χ0) is 26.2. The molecule has 0 saturated heterocycles. The van der Waals surface area contributed by atoms with Gasteiger partial charge in [0.15, 0.2) is 11.6 Å². The second kappa shape index (κ2) is 11.9. The molecule has 37 heavy (non-hydrogen) atoms. The normalized spacial score (nSPS) is 11.3. The molecule has 0 saturated carbocycles. The van der Waals surface area contributed by atoms with Gasteiger partial charge in [0.2, 0.25) is 0 Å². The van der Waals surface area contributed by atoms with Crippen molar-refractivity contribution in [3.8, 4) is 17.2 Å². The van der Waals surface area contributed by atoms with Gasteiger partial charge in [-0.05, 0) is 53.4 Å². The molecule has 0 aliphatic rings. The van der Waals surface area contributed by atoms with Crippen LogP contribution < -0.4 is 14.2 Å². The SMILES string of the molecule is COc1cc(OCc2ccccn2)cc(OC)c1C=CC(=O)CC(=O)C=Cc1ccc2ccn(C)c2c1. The van der Waals surface area contributed by atoms with E-state index in [0.29, 0.717) is 22.8 Å². The van der Waals surface area contributed by atoms with E-state index in [0.717, 1.165) is 22.2 Å². The third kappa shape index (κ3) is 6.52. The second-order valence-electron chi connectivity index (χ2n) is 8.37. The van der Waals surface area contributed by atoms with Gasteiger partial charge in [0.05, 0.1) is 31.9 Å². The summed E-state index contributed by atoms with van der Waals surface area (Å²) >= 11 is 0. The van der Waals surface area contributed by atoms with Crippen molar-refractivity contribution in [1.29, 1.82) is 0 Å². The minimum Gasteiger partial charge on any atom is -0.496 e. The second-order valence-corrected chi connectivity index (χ2v) is 8.37. The Morgan fingerprint density at radius 2 is 1.65 bits per heavy atom. The standard InChI is InChI=1S/C30H28N2O5/c1-32-15-13-22-9-7-21(16-28(22)32)8-10-24(33)17-25(34)11-12-27-29(35-2)18-26(19-30(27)36-3)37-20-23-6-4-5-14-31-23/h4-16,18-19H,17,20H2,1-3H3. The number of rotatable bonds is 11. The van der Waals surface area contributed by atoms with Crippen molar-refractivity contribution in [2.24, 2.45) is 7.05 Å². The number of nitrogens with zero attached hydrogens (tertiary/aromatic N) is 2. The van der Waals surface area contributed by atoms with Crippen LogP contribution >= 0.6 is 0 Å². The van der Waals surface area contributed by atoms with Crippen LogP contribution in [0, 0.1) is 0 Å². The van der Waals surface area contributed by atoms with E-state index in [1.807, 2.05) is 60.3 Å². The predicted octanol–water partition coefficient (Wildman–Crippen LogP) is 5.42. The van der Waals surface area contributed by atoms with Gasteiger partial charge in [-0.1, -0.05) is 24.3 Å². The zero-order valence-corrected chi connectivity index (χ0v) is 21.0. The number of aromatic nitrogens is 2. The van der Waals surface area contributed by atoms with Gasteiger partial charge in [0.25, 0.3) is 0 Å². The molecular weight excluding hydrogens is 468 g/mol. The maximum Gasteiger partial charge on any atom is 0.163 e. The lowest BCUT2D eigenvalue weighted by Gasteiger charge is -2.14. The van der Waals surface area contributed by atoms with Crippen molar-refractivity contribution in [2.45, 2.75) is 13.0 Å². The molecule has 0 atom stereocenters.